The summed E-state index contributed by atoms with van der Waals surface area (Å²) in [5.74, 6) is 0. The summed E-state index contributed by atoms with van der Waals surface area (Å²) in [5.41, 5.74) is 7.47. The van der Waals surface area contributed by atoms with Crippen LogP contribution in [0, 0.1) is 0 Å². The molecular weight excluding hydrogens is 290 g/mol. The molecule has 4 nitrogen and oxygen atoms in total. The van der Waals surface area contributed by atoms with Crippen molar-refractivity contribution in [2.75, 3.05) is 11.9 Å². The van der Waals surface area contributed by atoms with E-state index in [1.807, 2.05) is 11.9 Å². The van der Waals surface area contributed by atoms with Crippen LogP contribution >= 0.6 is 27.3 Å². The van der Waals surface area contributed by atoms with E-state index >= 15 is 0 Å². The third-order valence-electron chi connectivity index (χ3n) is 2.12. The lowest BCUT2D eigenvalue weighted by Crippen LogP contribution is -2.16. The van der Waals surface area contributed by atoms with Gasteiger partial charge in [0, 0.05) is 20.1 Å². The first-order chi connectivity index (χ1) is 7.69. The van der Waals surface area contributed by atoms with Crippen LogP contribution in [0.25, 0.3) is 0 Å². The molecule has 0 atom stereocenters. The summed E-state index contributed by atoms with van der Waals surface area (Å²) in [5, 5.41) is 2.10. The topological polar surface area (TPSA) is 55.3 Å². The zero-order valence-corrected chi connectivity index (χ0v) is 11.2. The smallest absolute Gasteiger partial charge is 0.297 e. The van der Waals surface area contributed by atoms with Gasteiger partial charge >= 0.3 is 0 Å². The highest BCUT2D eigenvalue weighted by molar-refractivity contribution is 9.11. The average molecular weight is 302 g/mol. The summed E-state index contributed by atoms with van der Waals surface area (Å²) in [6.45, 7) is 1.17. The Hall–Kier alpha value is -0.850. The van der Waals surface area contributed by atoms with E-state index in [0.29, 0.717) is 12.6 Å². The molecule has 0 unspecified atom stereocenters. The molecule has 0 spiro atoms. The van der Waals surface area contributed by atoms with Crippen molar-refractivity contribution in [3.05, 3.63) is 32.8 Å². The van der Waals surface area contributed by atoms with Crippen molar-refractivity contribution in [2.45, 2.75) is 13.1 Å². The van der Waals surface area contributed by atoms with E-state index in [1.54, 1.807) is 17.6 Å². The molecule has 0 fully saturated rings. The summed E-state index contributed by atoms with van der Waals surface area (Å²) in [4.78, 5) is 6.21. The lowest BCUT2D eigenvalue weighted by Gasteiger charge is -2.12. The number of hydrogen-bond donors (Lipinski definition) is 1. The molecule has 86 valence electrons. The van der Waals surface area contributed by atoms with E-state index in [2.05, 4.69) is 32.4 Å². The quantitative estimate of drug-likeness (QED) is 0.943. The van der Waals surface area contributed by atoms with Crippen molar-refractivity contribution in [2.24, 2.45) is 5.73 Å². The molecule has 0 saturated heterocycles. The second-order valence-corrected chi connectivity index (χ2v) is 5.73. The van der Waals surface area contributed by atoms with Crippen molar-refractivity contribution < 1.29 is 4.42 Å². The Labute approximate surface area is 106 Å². The van der Waals surface area contributed by atoms with Crippen LogP contribution in [0.15, 0.2) is 25.9 Å². The van der Waals surface area contributed by atoms with Gasteiger partial charge in [0.05, 0.1) is 9.48 Å². The Bertz CT molecular complexity index is 468. The van der Waals surface area contributed by atoms with Crippen molar-refractivity contribution in [1.29, 1.82) is 0 Å². The molecule has 0 bridgehead atoms. The van der Waals surface area contributed by atoms with Crippen molar-refractivity contribution in [3.8, 4) is 0 Å². The number of nitrogens with two attached hydrogens (primary N) is 1. The summed E-state index contributed by atoms with van der Waals surface area (Å²) in [6.07, 6.45) is 1.59. The molecule has 2 heterocycles. The maximum absolute atomic E-state index is 5.47. The largest absolute Gasteiger partial charge is 0.432 e. The van der Waals surface area contributed by atoms with Gasteiger partial charge in [-0.3, -0.25) is 0 Å². The van der Waals surface area contributed by atoms with Gasteiger partial charge in [-0.25, -0.2) is 0 Å². The van der Waals surface area contributed by atoms with Crippen molar-refractivity contribution in [1.82, 2.24) is 4.98 Å². The van der Waals surface area contributed by atoms with Crippen LogP contribution in [0.2, 0.25) is 0 Å². The first kappa shape index (κ1) is 11.6. The zero-order valence-electron chi connectivity index (χ0n) is 8.81. The van der Waals surface area contributed by atoms with Crippen LogP contribution in [-0.2, 0) is 13.1 Å². The van der Waals surface area contributed by atoms with Gasteiger partial charge in [0.15, 0.2) is 0 Å². The average Bonchev–Trinajstić information content (AvgIpc) is 2.87. The monoisotopic (exact) mass is 301 g/mol. The molecule has 0 amide bonds. The van der Waals surface area contributed by atoms with E-state index in [1.165, 1.54) is 5.56 Å². The summed E-state index contributed by atoms with van der Waals surface area (Å²) >= 11 is 5.11. The normalized spacial score (nSPS) is 10.7. The Balaban J connectivity index is 2.05. The maximum Gasteiger partial charge on any atom is 0.297 e. The number of oxazole rings is 1. The molecule has 0 radical (unpaired) electrons. The Morgan fingerprint density at radius 3 is 3.00 bits per heavy atom. The number of aromatic nitrogens is 1. The van der Waals surface area contributed by atoms with E-state index in [4.69, 9.17) is 10.2 Å². The van der Waals surface area contributed by atoms with Gasteiger partial charge in [-0.15, -0.1) is 11.3 Å². The highest BCUT2D eigenvalue weighted by Gasteiger charge is 2.09. The Kier molecular flexibility index (Phi) is 3.63. The molecule has 2 aromatic rings. The number of thiophene rings is 1. The minimum Gasteiger partial charge on any atom is -0.432 e. The number of anilines is 1. The fourth-order valence-corrected chi connectivity index (χ4v) is 2.54. The Morgan fingerprint density at radius 2 is 2.44 bits per heavy atom. The van der Waals surface area contributed by atoms with E-state index in [-0.39, 0.29) is 0 Å². The van der Waals surface area contributed by atoms with Gasteiger partial charge in [0.25, 0.3) is 6.01 Å². The highest BCUT2D eigenvalue weighted by atomic mass is 79.9. The maximum atomic E-state index is 5.47. The van der Waals surface area contributed by atoms with Crippen LogP contribution in [-0.4, -0.2) is 12.0 Å². The number of halogens is 1. The van der Waals surface area contributed by atoms with Crippen LogP contribution < -0.4 is 10.6 Å². The summed E-state index contributed by atoms with van der Waals surface area (Å²) < 4.78 is 6.45. The molecule has 16 heavy (non-hydrogen) atoms. The first-order valence-electron chi connectivity index (χ1n) is 4.77. The molecule has 6 heteroatoms. The van der Waals surface area contributed by atoms with Crippen molar-refractivity contribution >= 4 is 33.3 Å². The number of nitrogens with zero attached hydrogens (tertiary/aromatic N) is 2. The van der Waals surface area contributed by atoms with E-state index < -0.39 is 0 Å². The summed E-state index contributed by atoms with van der Waals surface area (Å²) in [6, 6.07) is 2.69. The molecule has 0 aromatic carbocycles. The molecule has 2 N–H and O–H groups in total. The van der Waals surface area contributed by atoms with Gasteiger partial charge in [-0.05, 0) is 32.9 Å². The second kappa shape index (κ2) is 4.99. The number of hydrogen-bond acceptors (Lipinski definition) is 5. The first-order valence-corrected chi connectivity index (χ1v) is 6.45. The fourth-order valence-electron chi connectivity index (χ4n) is 1.34. The van der Waals surface area contributed by atoms with Crippen LogP contribution in [0.5, 0.6) is 0 Å². The third kappa shape index (κ3) is 2.63. The Morgan fingerprint density at radius 1 is 1.62 bits per heavy atom. The SMILES string of the molecule is CN(Cc1csc(Br)c1)c1nc(CN)co1. The minimum absolute atomic E-state index is 0.404. The summed E-state index contributed by atoms with van der Waals surface area (Å²) in [7, 11) is 1.94. The lowest BCUT2D eigenvalue weighted by atomic mass is 10.3. The molecular formula is C10H12BrN3OS. The zero-order chi connectivity index (χ0) is 11.5. The number of rotatable bonds is 4. The molecule has 0 aliphatic carbocycles. The van der Waals surface area contributed by atoms with E-state index in [9.17, 15) is 0 Å². The second-order valence-electron chi connectivity index (χ2n) is 3.44. The van der Waals surface area contributed by atoms with Crippen LogP contribution in [0.3, 0.4) is 0 Å². The van der Waals surface area contributed by atoms with Gasteiger partial charge in [0.1, 0.15) is 6.26 Å². The van der Waals surface area contributed by atoms with Gasteiger partial charge in [-0.2, -0.15) is 4.98 Å². The predicted octanol–water partition coefficient (Wildman–Crippen LogP) is 2.59. The van der Waals surface area contributed by atoms with Crippen LogP contribution in [0.4, 0.5) is 6.01 Å². The molecule has 0 saturated carbocycles. The molecule has 0 aliphatic heterocycles. The third-order valence-corrected chi connectivity index (χ3v) is 3.67. The van der Waals surface area contributed by atoms with Crippen molar-refractivity contribution in [3.63, 3.8) is 0 Å². The minimum atomic E-state index is 0.404. The standard InChI is InChI=1S/C10H12BrN3OS/c1-14(4-7-2-9(11)16-6-7)10-13-8(3-12)5-15-10/h2,5-6H,3-4,12H2,1H3. The van der Waals surface area contributed by atoms with Gasteiger partial charge < -0.3 is 15.1 Å². The van der Waals surface area contributed by atoms with Gasteiger partial charge in [0.2, 0.25) is 0 Å². The van der Waals surface area contributed by atoms with Crippen LogP contribution in [0.1, 0.15) is 11.3 Å². The van der Waals surface area contributed by atoms with E-state index in [0.717, 1.165) is 16.0 Å². The highest BCUT2D eigenvalue weighted by Crippen LogP contribution is 2.23. The molecule has 2 aromatic heterocycles. The lowest BCUT2D eigenvalue weighted by molar-refractivity contribution is 0.544. The predicted molar refractivity (Wildman–Crippen MR) is 68.5 cm³/mol. The fraction of sp³-hybridized carbons (Fsp3) is 0.300. The molecule has 0 aliphatic rings. The molecule has 2 rings (SSSR count). The van der Waals surface area contributed by atoms with Gasteiger partial charge in [-0.1, -0.05) is 0 Å².